The van der Waals surface area contributed by atoms with E-state index >= 15 is 0 Å². The molecule has 0 aromatic heterocycles. The number of hydrogen-bond donors (Lipinski definition) is 1. The van der Waals surface area contributed by atoms with E-state index in [4.69, 9.17) is 21.1 Å². The van der Waals surface area contributed by atoms with Crippen LogP contribution in [0.3, 0.4) is 0 Å². The lowest BCUT2D eigenvalue weighted by molar-refractivity contribution is -0.151. The molecule has 0 unspecified atom stereocenters. The Morgan fingerprint density at radius 2 is 2.06 bits per heavy atom. The third-order valence-corrected chi connectivity index (χ3v) is 8.03. The molecule has 2 bridgehead atoms. The molecule has 1 N–H and O–H groups in total. The molecule has 4 aliphatic heterocycles. The smallest absolute Gasteiger partial charge is 0.418 e. The molecule has 2 amide bonds. The highest BCUT2D eigenvalue weighted by Crippen LogP contribution is 2.66. The van der Waals surface area contributed by atoms with Crippen molar-refractivity contribution >= 4 is 29.3 Å². The van der Waals surface area contributed by atoms with Crippen LogP contribution < -0.4 is 4.90 Å². The van der Waals surface area contributed by atoms with Crippen molar-refractivity contribution in [2.45, 2.75) is 56.3 Å². The zero-order valence-electron chi connectivity index (χ0n) is 17.6. The van der Waals surface area contributed by atoms with Crippen molar-refractivity contribution in [1.82, 2.24) is 4.90 Å². The molecule has 6 atom stereocenters. The minimum absolute atomic E-state index is 0.0920. The molecule has 32 heavy (non-hydrogen) atoms. The van der Waals surface area contributed by atoms with Gasteiger partial charge in [-0.1, -0.05) is 11.6 Å². The van der Waals surface area contributed by atoms with E-state index in [9.17, 15) is 27.9 Å². The molecule has 1 aromatic rings. The van der Waals surface area contributed by atoms with E-state index in [2.05, 4.69) is 0 Å². The van der Waals surface area contributed by atoms with Crippen LogP contribution in [0.5, 0.6) is 0 Å². The summed E-state index contributed by atoms with van der Waals surface area (Å²) >= 11 is 5.85. The summed E-state index contributed by atoms with van der Waals surface area (Å²) in [6.07, 6.45) is -5.91. The molecule has 4 fully saturated rings. The summed E-state index contributed by atoms with van der Waals surface area (Å²) in [5.41, 5.74) is -2.92. The van der Waals surface area contributed by atoms with Crippen LogP contribution in [0.2, 0.25) is 5.02 Å². The molecular formula is C21H22ClF3N2O5. The van der Waals surface area contributed by atoms with E-state index < -0.39 is 58.2 Å². The van der Waals surface area contributed by atoms with Crippen molar-refractivity contribution < 1.29 is 37.3 Å². The summed E-state index contributed by atoms with van der Waals surface area (Å²) in [5, 5.41) is 9.14. The van der Waals surface area contributed by atoms with Gasteiger partial charge >= 0.3 is 12.3 Å². The van der Waals surface area contributed by atoms with Crippen LogP contribution in [0, 0.1) is 18.8 Å². The molecule has 5 rings (SSSR count). The molecule has 4 aliphatic rings. The van der Waals surface area contributed by atoms with E-state index in [-0.39, 0.29) is 23.8 Å². The first-order chi connectivity index (χ1) is 14.8. The van der Waals surface area contributed by atoms with Gasteiger partial charge in [-0.3, -0.25) is 9.69 Å². The van der Waals surface area contributed by atoms with E-state index in [1.54, 1.807) is 6.92 Å². The van der Waals surface area contributed by atoms with Gasteiger partial charge < -0.3 is 19.5 Å². The number of carbonyl (C=O) groups excluding carboxylic acids is 1. The Balaban J connectivity index is 1.63. The fraction of sp³-hybridized carbons (Fsp3) is 0.619. The van der Waals surface area contributed by atoms with Crippen LogP contribution in [0.1, 0.15) is 30.9 Å². The normalized spacial score (nSPS) is 37.7. The zero-order valence-corrected chi connectivity index (χ0v) is 18.3. The SMILES string of the molecule is Cc1c(N2C(=O)[C@H]3[C@H]4[C@@H]2OCC[C@@]42O[C@]3(C)C[C@H]2N(C)C(=O)O)ccc(Cl)c1C(F)(F)F. The minimum Gasteiger partial charge on any atom is -0.465 e. The van der Waals surface area contributed by atoms with E-state index in [1.807, 2.05) is 0 Å². The number of rotatable bonds is 2. The molecule has 4 saturated heterocycles. The van der Waals surface area contributed by atoms with Crippen LogP contribution in [-0.2, 0) is 20.4 Å². The maximum Gasteiger partial charge on any atom is 0.418 e. The van der Waals surface area contributed by atoms with E-state index in [0.717, 1.165) is 6.07 Å². The Kier molecular flexibility index (Phi) is 4.43. The van der Waals surface area contributed by atoms with Gasteiger partial charge in [0.25, 0.3) is 0 Å². The van der Waals surface area contributed by atoms with Crippen LogP contribution in [0.15, 0.2) is 12.1 Å². The van der Waals surface area contributed by atoms with Gasteiger partial charge in [-0.15, -0.1) is 0 Å². The lowest BCUT2D eigenvalue weighted by Crippen LogP contribution is -2.61. The van der Waals surface area contributed by atoms with Gasteiger partial charge in [0, 0.05) is 25.6 Å². The summed E-state index contributed by atoms with van der Waals surface area (Å²) in [7, 11) is 1.47. The van der Waals surface area contributed by atoms with Crippen LogP contribution >= 0.6 is 11.6 Å². The summed E-state index contributed by atoms with van der Waals surface area (Å²) in [6.45, 7) is 3.26. The predicted octanol–water partition coefficient (Wildman–Crippen LogP) is 3.90. The standard InChI is InChI=1S/C21H22ClF3N2O5/c1-9-11(5-4-10(22)13(9)21(23,24)25)27-16(28)14-15-17(27)31-7-6-20(15)12(26(3)18(29)30)8-19(14,2)32-20/h4-5,12,14-15,17H,6-8H2,1-3H3,(H,29,30)/t12-,14-,15+,17+,19-,20+/m1/s1. The monoisotopic (exact) mass is 474 g/mol. The second kappa shape index (κ2) is 6.51. The number of nitrogens with zero attached hydrogens (tertiary/aromatic N) is 2. The van der Waals surface area contributed by atoms with Crippen LogP contribution in [0.25, 0.3) is 0 Å². The minimum atomic E-state index is -4.69. The van der Waals surface area contributed by atoms with Crippen molar-refractivity contribution in [1.29, 1.82) is 0 Å². The van der Waals surface area contributed by atoms with Gasteiger partial charge in [0.05, 0.1) is 46.3 Å². The summed E-state index contributed by atoms with van der Waals surface area (Å²) < 4.78 is 53.4. The second-order valence-electron chi connectivity index (χ2n) is 9.27. The number of ether oxygens (including phenoxy) is 2. The number of hydrogen-bond acceptors (Lipinski definition) is 4. The fourth-order valence-corrected chi connectivity index (χ4v) is 6.84. The molecule has 0 radical (unpaired) electrons. The number of alkyl halides is 3. The quantitative estimate of drug-likeness (QED) is 0.703. The third kappa shape index (κ3) is 2.57. The molecule has 11 heteroatoms. The Morgan fingerprint density at radius 3 is 2.69 bits per heavy atom. The molecular weight excluding hydrogens is 453 g/mol. The zero-order chi connectivity index (χ0) is 23.4. The Hall–Kier alpha value is -2.04. The highest BCUT2D eigenvalue weighted by Gasteiger charge is 2.79. The first kappa shape index (κ1) is 21.8. The Bertz CT molecular complexity index is 1040. The number of halogens is 4. The number of amides is 2. The molecule has 0 aliphatic carbocycles. The highest BCUT2D eigenvalue weighted by molar-refractivity contribution is 6.31. The first-order valence-corrected chi connectivity index (χ1v) is 10.7. The number of fused-ring (bicyclic) bond motifs is 2. The first-order valence-electron chi connectivity index (χ1n) is 10.3. The topological polar surface area (TPSA) is 79.3 Å². The summed E-state index contributed by atoms with van der Waals surface area (Å²) in [5.74, 6) is -1.52. The largest absolute Gasteiger partial charge is 0.465 e. The van der Waals surface area contributed by atoms with Gasteiger partial charge in [0.1, 0.15) is 6.23 Å². The molecule has 1 aromatic carbocycles. The molecule has 7 nitrogen and oxygen atoms in total. The van der Waals surface area contributed by atoms with E-state index in [1.165, 1.54) is 29.8 Å². The average Bonchev–Trinajstić information content (AvgIpc) is 3.25. The lowest BCUT2D eigenvalue weighted by atomic mass is 9.63. The maximum absolute atomic E-state index is 13.7. The van der Waals surface area contributed by atoms with Crippen molar-refractivity contribution in [2.75, 3.05) is 18.6 Å². The average molecular weight is 475 g/mol. The number of benzene rings is 1. The van der Waals surface area contributed by atoms with Crippen molar-refractivity contribution in [3.63, 3.8) is 0 Å². The third-order valence-electron chi connectivity index (χ3n) is 7.71. The van der Waals surface area contributed by atoms with Gasteiger partial charge in [-0.05, 0) is 31.5 Å². The fourth-order valence-electron chi connectivity index (χ4n) is 6.53. The van der Waals surface area contributed by atoms with Gasteiger partial charge in [0.15, 0.2) is 0 Å². The second-order valence-corrected chi connectivity index (χ2v) is 9.68. The molecule has 0 saturated carbocycles. The molecule has 1 spiro atoms. The summed E-state index contributed by atoms with van der Waals surface area (Å²) in [6, 6.07) is 2.06. The van der Waals surface area contributed by atoms with Crippen molar-refractivity contribution in [3.05, 3.63) is 28.3 Å². The Morgan fingerprint density at radius 1 is 1.38 bits per heavy atom. The van der Waals surface area contributed by atoms with E-state index in [0.29, 0.717) is 12.8 Å². The van der Waals surface area contributed by atoms with Crippen molar-refractivity contribution in [2.24, 2.45) is 11.8 Å². The number of likely N-dealkylation sites (N-methyl/N-ethyl adjacent to an activating group) is 1. The van der Waals surface area contributed by atoms with Gasteiger partial charge in [-0.25, -0.2) is 4.79 Å². The molecule has 4 heterocycles. The van der Waals surface area contributed by atoms with Gasteiger partial charge in [0.2, 0.25) is 5.91 Å². The van der Waals surface area contributed by atoms with Crippen LogP contribution in [-0.4, -0.2) is 59.1 Å². The predicted molar refractivity (Wildman–Crippen MR) is 106 cm³/mol. The van der Waals surface area contributed by atoms with Crippen LogP contribution in [0.4, 0.5) is 23.7 Å². The highest BCUT2D eigenvalue weighted by atomic mass is 35.5. The lowest BCUT2D eigenvalue weighted by Gasteiger charge is -2.47. The van der Waals surface area contributed by atoms with Gasteiger partial charge in [-0.2, -0.15) is 13.2 Å². The molecule has 174 valence electrons. The number of carboxylic acid groups (broad SMARTS) is 1. The number of anilines is 1. The maximum atomic E-state index is 13.7. The Labute approximate surface area is 187 Å². The summed E-state index contributed by atoms with van der Waals surface area (Å²) in [4.78, 5) is 27.9. The van der Waals surface area contributed by atoms with Crippen molar-refractivity contribution in [3.8, 4) is 0 Å². The number of carbonyl (C=O) groups is 2.